The Balaban J connectivity index is 1.43. The summed E-state index contributed by atoms with van der Waals surface area (Å²) in [6, 6.07) is 13.7. The summed E-state index contributed by atoms with van der Waals surface area (Å²) in [6.45, 7) is 4.35. The van der Waals surface area contributed by atoms with Crippen molar-refractivity contribution in [2.75, 3.05) is 26.4 Å². The molecule has 0 aliphatic rings. The molecule has 0 saturated heterocycles. The van der Waals surface area contributed by atoms with Crippen LogP contribution in [0.15, 0.2) is 59.5 Å². The number of halogens is 1. The van der Waals surface area contributed by atoms with E-state index in [2.05, 4.69) is 20.0 Å². The molecule has 0 amide bonds. The number of ether oxygens (including phenoxy) is 3. The Labute approximate surface area is 201 Å². The van der Waals surface area contributed by atoms with E-state index in [-0.39, 0.29) is 29.7 Å². The lowest BCUT2D eigenvalue weighted by Crippen LogP contribution is -2.28. The van der Waals surface area contributed by atoms with Crippen LogP contribution < -0.4 is 18.9 Å². The second kappa shape index (κ2) is 10.7. The first-order chi connectivity index (χ1) is 16.9. The monoisotopic (exact) mass is 501 g/mol. The van der Waals surface area contributed by atoms with Gasteiger partial charge in [-0.1, -0.05) is 12.1 Å². The van der Waals surface area contributed by atoms with Gasteiger partial charge in [-0.05, 0) is 44.2 Å². The smallest absolute Gasteiger partial charge is 0.244 e. The Hall–Kier alpha value is -3.77. The van der Waals surface area contributed by atoms with Crippen molar-refractivity contribution in [3.8, 4) is 28.8 Å². The van der Waals surface area contributed by atoms with Crippen molar-refractivity contribution in [2.45, 2.75) is 18.7 Å². The SMILES string of the molecule is CCOc1ccc(S(=O)(=O)NCCOc2ccc3nnc(-c4cccc(F)c4)n3n2)c(OCC)c1. The molecule has 2 aromatic heterocycles. The van der Waals surface area contributed by atoms with E-state index in [0.717, 1.165) is 0 Å². The van der Waals surface area contributed by atoms with Gasteiger partial charge in [-0.3, -0.25) is 0 Å². The van der Waals surface area contributed by atoms with Gasteiger partial charge in [-0.15, -0.1) is 15.3 Å². The number of nitrogens with zero attached hydrogens (tertiary/aromatic N) is 4. The fraction of sp³-hybridized carbons (Fsp3) is 0.261. The van der Waals surface area contributed by atoms with Crippen molar-refractivity contribution >= 4 is 15.7 Å². The fourth-order valence-corrected chi connectivity index (χ4v) is 4.44. The van der Waals surface area contributed by atoms with E-state index in [1.807, 2.05) is 6.92 Å². The summed E-state index contributed by atoms with van der Waals surface area (Å²) in [4.78, 5) is 0.00609. The molecule has 184 valence electrons. The number of nitrogens with one attached hydrogen (secondary N) is 1. The summed E-state index contributed by atoms with van der Waals surface area (Å²) in [6.07, 6.45) is 0. The van der Waals surface area contributed by atoms with Gasteiger partial charge >= 0.3 is 0 Å². The first-order valence-corrected chi connectivity index (χ1v) is 12.4. The summed E-state index contributed by atoms with van der Waals surface area (Å²) < 4.78 is 59.7. The molecule has 0 fully saturated rings. The lowest BCUT2D eigenvalue weighted by molar-refractivity contribution is 0.305. The van der Waals surface area contributed by atoms with Gasteiger partial charge in [-0.25, -0.2) is 17.5 Å². The van der Waals surface area contributed by atoms with Gasteiger partial charge in [-0.2, -0.15) is 4.52 Å². The maximum absolute atomic E-state index is 13.6. The molecule has 4 aromatic rings. The second-order valence-electron chi connectivity index (χ2n) is 7.20. The standard InChI is InChI=1S/C23H24FN5O5S/c1-3-32-18-8-9-20(19(15-18)33-4-2)35(30,31)25-12-13-34-22-11-10-21-26-27-23(29(21)28-22)16-6-5-7-17(24)14-16/h5-11,14-15,25H,3-4,12-13H2,1-2H3. The van der Waals surface area contributed by atoms with Gasteiger partial charge in [0.25, 0.3) is 0 Å². The van der Waals surface area contributed by atoms with Crippen LogP contribution in [-0.2, 0) is 10.0 Å². The van der Waals surface area contributed by atoms with E-state index in [1.54, 1.807) is 43.3 Å². The van der Waals surface area contributed by atoms with Gasteiger partial charge < -0.3 is 14.2 Å². The lowest BCUT2D eigenvalue weighted by atomic mass is 10.2. The molecule has 2 aromatic carbocycles. The molecular weight excluding hydrogens is 477 g/mol. The van der Waals surface area contributed by atoms with Crippen LogP contribution in [0.2, 0.25) is 0 Å². The summed E-state index contributed by atoms with van der Waals surface area (Å²) in [7, 11) is -3.86. The molecular formula is C23H24FN5O5S. The Bertz CT molecular complexity index is 1430. The highest BCUT2D eigenvalue weighted by molar-refractivity contribution is 7.89. The molecule has 0 radical (unpaired) electrons. The minimum atomic E-state index is -3.86. The van der Waals surface area contributed by atoms with Crippen LogP contribution in [0.3, 0.4) is 0 Å². The van der Waals surface area contributed by atoms with Crippen molar-refractivity contribution in [1.82, 2.24) is 24.5 Å². The van der Waals surface area contributed by atoms with E-state index < -0.39 is 15.8 Å². The first-order valence-electron chi connectivity index (χ1n) is 10.9. The van der Waals surface area contributed by atoms with E-state index in [9.17, 15) is 12.8 Å². The predicted molar refractivity (Wildman–Crippen MR) is 126 cm³/mol. The Kier molecular flexibility index (Phi) is 7.42. The second-order valence-corrected chi connectivity index (χ2v) is 8.93. The zero-order valence-corrected chi connectivity index (χ0v) is 20.0. The van der Waals surface area contributed by atoms with Gasteiger partial charge in [0.2, 0.25) is 15.9 Å². The quantitative estimate of drug-likeness (QED) is 0.312. The molecule has 4 rings (SSSR count). The highest BCUT2D eigenvalue weighted by atomic mass is 32.2. The summed E-state index contributed by atoms with van der Waals surface area (Å²) in [5, 5.41) is 12.4. The molecule has 0 unspecified atom stereocenters. The van der Waals surface area contributed by atoms with Gasteiger partial charge in [0.05, 0.1) is 13.2 Å². The maximum atomic E-state index is 13.6. The number of aromatic nitrogens is 4. The van der Waals surface area contributed by atoms with Crippen LogP contribution in [0.5, 0.6) is 17.4 Å². The van der Waals surface area contributed by atoms with Crippen LogP contribution in [-0.4, -0.2) is 54.6 Å². The van der Waals surface area contributed by atoms with E-state index in [4.69, 9.17) is 14.2 Å². The molecule has 0 aliphatic heterocycles. The fourth-order valence-electron chi connectivity index (χ4n) is 3.30. The largest absolute Gasteiger partial charge is 0.494 e. The molecule has 35 heavy (non-hydrogen) atoms. The molecule has 10 nitrogen and oxygen atoms in total. The maximum Gasteiger partial charge on any atom is 0.244 e. The average Bonchev–Trinajstić information content (AvgIpc) is 3.26. The molecule has 0 bridgehead atoms. The molecule has 12 heteroatoms. The van der Waals surface area contributed by atoms with Gasteiger partial charge in [0, 0.05) is 24.2 Å². The molecule has 0 aliphatic carbocycles. The minimum absolute atomic E-state index is 0.00609. The number of hydrogen-bond acceptors (Lipinski definition) is 8. The summed E-state index contributed by atoms with van der Waals surface area (Å²) in [5.74, 6) is 0.900. The van der Waals surface area contributed by atoms with Crippen molar-refractivity contribution in [3.63, 3.8) is 0 Å². The topological polar surface area (TPSA) is 117 Å². The number of fused-ring (bicyclic) bond motifs is 1. The Morgan fingerprint density at radius 3 is 2.57 bits per heavy atom. The van der Waals surface area contributed by atoms with Crippen LogP contribution >= 0.6 is 0 Å². The van der Waals surface area contributed by atoms with Crippen molar-refractivity contribution in [3.05, 3.63) is 60.4 Å². The zero-order valence-electron chi connectivity index (χ0n) is 19.1. The van der Waals surface area contributed by atoms with E-state index in [0.29, 0.717) is 36.0 Å². The van der Waals surface area contributed by atoms with Crippen molar-refractivity contribution < 1.29 is 27.0 Å². The third-order valence-corrected chi connectivity index (χ3v) is 6.28. The Morgan fingerprint density at radius 2 is 1.80 bits per heavy atom. The number of sulfonamides is 1. The van der Waals surface area contributed by atoms with Crippen LogP contribution in [0.1, 0.15) is 13.8 Å². The molecule has 0 saturated carbocycles. The molecule has 0 spiro atoms. The molecule has 1 N–H and O–H groups in total. The average molecular weight is 502 g/mol. The first kappa shape index (κ1) is 24.4. The van der Waals surface area contributed by atoms with Gasteiger partial charge in [0.15, 0.2) is 11.5 Å². The van der Waals surface area contributed by atoms with Crippen LogP contribution in [0, 0.1) is 5.82 Å². The summed E-state index contributed by atoms with van der Waals surface area (Å²) in [5.41, 5.74) is 0.964. The Morgan fingerprint density at radius 1 is 0.971 bits per heavy atom. The van der Waals surface area contributed by atoms with Crippen molar-refractivity contribution in [1.29, 1.82) is 0 Å². The van der Waals surface area contributed by atoms with Crippen LogP contribution in [0.25, 0.3) is 17.0 Å². The lowest BCUT2D eigenvalue weighted by Gasteiger charge is -2.14. The number of rotatable bonds is 11. The molecule has 2 heterocycles. The minimum Gasteiger partial charge on any atom is -0.494 e. The van der Waals surface area contributed by atoms with Crippen LogP contribution in [0.4, 0.5) is 4.39 Å². The highest BCUT2D eigenvalue weighted by Crippen LogP contribution is 2.29. The summed E-state index contributed by atoms with van der Waals surface area (Å²) >= 11 is 0. The third-order valence-electron chi connectivity index (χ3n) is 4.78. The van der Waals surface area contributed by atoms with Gasteiger partial charge in [0.1, 0.15) is 28.8 Å². The highest BCUT2D eigenvalue weighted by Gasteiger charge is 2.20. The number of benzene rings is 2. The molecule has 0 atom stereocenters. The van der Waals surface area contributed by atoms with E-state index in [1.165, 1.54) is 22.7 Å². The predicted octanol–water partition coefficient (Wildman–Crippen LogP) is 3.09. The van der Waals surface area contributed by atoms with Crippen molar-refractivity contribution in [2.24, 2.45) is 0 Å². The normalized spacial score (nSPS) is 11.5. The number of hydrogen-bond donors (Lipinski definition) is 1. The zero-order chi connectivity index (χ0) is 24.8. The van der Waals surface area contributed by atoms with E-state index >= 15 is 0 Å². The third kappa shape index (κ3) is 5.66.